The number of hydrogen-bond acceptors (Lipinski definition) is 2. The van der Waals surface area contributed by atoms with Crippen molar-refractivity contribution in [3.63, 3.8) is 0 Å². The van der Waals surface area contributed by atoms with Gasteiger partial charge in [0.2, 0.25) is 0 Å². The highest BCUT2D eigenvalue weighted by Gasteiger charge is 2.30. The van der Waals surface area contributed by atoms with Gasteiger partial charge in [-0.2, -0.15) is 0 Å². The summed E-state index contributed by atoms with van der Waals surface area (Å²) in [5.74, 6) is 1.33. The van der Waals surface area contributed by atoms with Gasteiger partial charge in [-0.1, -0.05) is 49.2 Å². The van der Waals surface area contributed by atoms with Gasteiger partial charge < -0.3 is 10.2 Å². The van der Waals surface area contributed by atoms with Gasteiger partial charge in [-0.25, -0.2) is 0 Å². The zero-order chi connectivity index (χ0) is 13.9. The molecule has 0 aliphatic heterocycles. The van der Waals surface area contributed by atoms with Crippen molar-refractivity contribution in [3.8, 4) is 11.5 Å². The lowest BCUT2D eigenvalue weighted by Gasteiger charge is -2.33. The second kappa shape index (κ2) is 5.58. The minimum atomic E-state index is 0.290. The zero-order valence-electron chi connectivity index (χ0n) is 11.5. The Hall–Kier alpha value is -1.96. The van der Waals surface area contributed by atoms with Crippen molar-refractivity contribution in [2.75, 3.05) is 0 Å². The number of aromatic hydroxyl groups is 2. The molecule has 1 saturated carbocycles. The molecule has 3 rings (SSSR count). The van der Waals surface area contributed by atoms with Crippen molar-refractivity contribution in [1.29, 1.82) is 0 Å². The normalized spacial score (nSPS) is 22.6. The number of hydrogen-bond donors (Lipinski definition) is 2. The molecule has 0 bridgehead atoms. The molecule has 0 saturated heterocycles. The summed E-state index contributed by atoms with van der Waals surface area (Å²) in [7, 11) is 0. The van der Waals surface area contributed by atoms with Gasteiger partial charge in [0.05, 0.1) is 0 Å². The fourth-order valence-corrected chi connectivity index (χ4v) is 3.48. The predicted molar refractivity (Wildman–Crippen MR) is 80.2 cm³/mol. The molecule has 0 spiro atoms. The first-order valence-corrected chi connectivity index (χ1v) is 7.33. The third-order valence-corrected chi connectivity index (χ3v) is 4.44. The lowest BCUT2D eigenvalue weighted by Crippen LogP contribution is -2.16. The Kier molecular flexibility index (Phi) is 3.64. The second-order valence-corrected chi connectivity index (χ2v) is 5.62. The van der Waals surface area contributed by atoms with Crippen molar-refractivity contribution < 1.29 is 10.2 Å². The first-order valence-electron chi connectivity index (χ1n) is 7.33. The topological polar surface area (TPSA) is 40.5 Å². The Morgan fingerprint density at radius 1 is 0.650 bits per heavy atom. The second-order valence-electron chi connectivity index (χ2n) is 5.62. The quantitative estimate of drug-likeness (QED) is 0.839. The molecular formula is C18H20O2. The average Bonchev–Trinajstić information content (AvgIpc) is 2.48. The molecule has 2 nitrogen and oxygen atoms in total. The van der Waals surface area contributed by atoms with Gasteiger partial charge in [0.15, 0.2) is 0 Å². The third kappa shape index (κ3) is 2.38. The molecule has 2 aromatic rings. The Labute approximate surface area is 119 Å². The van der Waals surface area contributed by atoms with Crippen LogP contribution in [0.1, 0.15) is 48.6 Å². The summed E-state index contributed by atoms with van der Waals surface area (Å²) < 4.78 is 0. The highest BCUT2D eigenvalue weighted by molar-refractivity contribution is 5.42. The first-order chi connectivity index (χ1) is 9.77. The monoisotopic (exact) mass is 268 g/mol. The summed E-state index contributed by atoms with van der Waals surface area (Å²) in [5.41, 5.74) is 2.03. The predicted octanol–water partition coefficient (Wildman–Crippen LogP) is 4.54. The average molecular weight is 268 g/mol. The van der Waals surface area contributed by atoms with Crippen LogP contribution in [0.25, 0.3) is 0 Å². The highest BCUT2D eigenvalue weighted by Crippen LogP contribution is 2.48. The Morgan fingerprint density at radius 3 is 1.45 bits per heavy atom. The van der Waals surface area contributed by atoms with E-state index in [0.717, 1.165) is 24.0 Å². The first kappa shape index (κ1) is 13.0. The lowest BCUT2D eigenvalue weighted by molar-refractivity contribution is 0.360. The largest absolute Gasteiger partial charge is 0.508 e. The molecule has 1 aliphatic rings. The van der Waals surface area contributed by atoms with Crippen LogP contribution in [-0.4, -0.2) is 10.2 Å². The number of para-hydroxylation sites is 2. The summed E-state index contributed by atoms with van der Waals surface area (Å²) in [4.78, 5) is 0. The van der Waals surface area contributed by atoms with Crippen LogP contribution >= 0.6 is 0 Å². The molecule has 104 valence electrons. The van der Waals surface area contributed by atoms with Crippen LogP contribution in [0, 0.1) is 0 Å². The fraction of sp³-hybridized carbons (Fsp3) is 0.333. The third-order valence-electron chi connectivity index (χ3n) is 4.44. The lowest BCUT2D eigenvalue weighted by atomic mass is 9.72. The molecule has 0 unspecified atom stereocenters. The minimum Gasteiger partial charge on any atom is -0.508 e. The number of phenolic OH excluding ortho intramolecular Hbond substituents is 2. The molecule has 0 heterocycles. The van der Waals surface area contributed by atoms with Gasteiger partial charge in [-0.3, -0.25) is 0 Å². The molecule has 0 amide bonds. The van der Waals surface area contributed by atoms with Gasteiger partial charge in [0.1, 0.15) is 11.5 Å². The van der Waals surface area contributed by atoms with Gasteiger partial charge in [-0.15, -0.1) is 0 Å². The summed E-state index contributed by atoms with van der Waals surface area (Å²) in [6.07, 6.45) is 4.50. The number of rotatable bonds is 2. The molecular weight excluding hydrogens is 248 g/mol. The highest BCUT2D eigenvalue weighted by atomic mass is 16.3. The van der Waals surface area contributed by atoms with Gasteiger partial charge in [-0.05, 0) is 47.9 Å². The molecule has 1 fully saturated rings. The Bertz CT molecular complexity index is 538. The molecule has 2 aromatic carbocycles. The maximum atomic E-state index is 10.1. The van der Waals surface area contributed by atoms with Gasteiger partial charge >= 0.3 is 0 Å². The molecule has 0 radical (unpaired) electrons. The van der Waals surface area contributed by atoms with Crippen LogP contribution in [0.4, 0.5) is 0 Å². The van der Waals surface area contributed by atoms with E-state index in [4.69, 9.17) is 0 Å². The van der Waals surface area contributed by atoms with Crippen molar-refractivity contribution in [1.82, 2.24) is 0 Å². The molecule has 0 aromatic heterocycles. The van der Waals surface area contributed by atoms with E-state index in [9.17, 15) is 10.2 Å². The van der Waals surface area contributed by atoms with E-state index in [2.05, 4.69) is 0 Å². The Balaban J connectivity index is 2.00. The smallest absolute Gasteiger partial charge is 0.119 e. The van der Waals surface area contributed by atoms with E-state index in [-0.39, 0.29) is 0 Å². The summed E-state index contributed by atoms with van der Waals surface area (Å²) in [5, 5.41) is 20.3. The van der Waals surface area contributed by atoms with E-state index in [1.807, 2.05) is 36.4 Å². The summed E-state index contributed by atoms with van der Waals surface area (Å²) in [6, 6.07) is 15.2. The van der Waals surface area contributed by atoms with E-state index in [1.54, 1.807) is 12.1 Å². The Morgan fingerprint density at radius 2 is 1.05 bits per heavy atom. The van der Waals surface area contributed by atoms with Crippen molar-refractivity contribution in [3.05, 3.63) is 59.7 Å². The summed E-state index contributed by atoms with van der Waals surface area (Å²) in [6.45, 7) is 0. The number of benzene rings is 2. The van der Waals surface area contributed by atoms with E-state index >= 15 is 0 Å². The van der Waals surface area contributed by atoms with Crippen LogP contribution in [0.3, 0.4) is 0 Å². The molecule has 2 atom stereocenters. The van der Waals surface area contributed by atoms with Crippen LogP contribution in [0.15, 0.2) is 48.5 Å². The molecule has 20 heavy (non-hydrogen) atoms. The van der Waals surface area contributed by atoms with Gasteiger partial charge in [0.25, 0.3) is 0 Å². The zero-order valence-corrected chi connectivity index (χ0v) is 11.5. The fourth-order valence-electron chi connectivity index (χ4n) is 3.48. The van der Waals surface area contributed by atoms with Gasteiger partial charge in [0, 0.05) is 0 Å². The van der Waals surface area contributed by atoms with Crippen LogP contribution in [0.5, 0.6) is 11.5 Å². The van der Waals surface area contributed by atoms with Crippen molar-refractivity contribution in [2.24, 2.45) is 0 Å². The van der Waals surface area contributed by atoms with Crippen LogP contribution in [0.2, 0.25) is 0 Å². The van der Waals surface area contributed by atoms with E-state index in [0.29, 0.717) is 23.3 Å². The molecule has 2 N–H and O–H groups in total. The molecule has 1 aliphatic carbocycles. The van der Waals surface area contributed by atoms with E-state index < -0.39 is 0 Å². The molecule has 2 heteroatoms. The summed E-state index contributed by atoms with van der Waals surface area (Å²) >= 11 is 0. The standard InChI is InChI=1S/C18H20O2/c19-17-11-5-3-9-15(17)13-7-1-2-8-14(13)16-10-4-6-12-18(16)20/h3-6,9-14,19-20H,1-2,7-8H2/t13-,14-/m0/s1. The maximum Gasteiger partial charge on any atom is 0.119 e. The van der Waals surface area contributed by atoms with Crippen molar-refractivity contribution >= 4 is 0 Å². The van der Waals surface area contributed by atoms with Crippen LogP contribution in [-0.2, 0) is 0 Å². The maximum absolute atomic E-state index is 10.1. The SMILES string of the molecule is Oc1ccccc1[C@H]1CCCC[C@@H]1c1ccccc1O. The minimum absolute atomic E-state index is 0.290. The number of phenols is 2. The van der Waals surface area contributed by atoms with E-state index in [1.165, 1.54) is 12.8 Å². The van der Waals surface area contributed by atoms with Crippen molar-refractivity contribution in [2.45, 2.75) is 37.5 Å². The van der Waals surface area contributed by atoms with Crippen LogP contribution < -0.4 is 0 Å².